The van der Waals surface area contributed by atoms with Crippen LogP contribution >= 0.6 is 0 Å². The van der Waals surface area contributed by atoms with Crippen molar-refractivity contribution in [3.8, 4) is 0 Å². The fourth-order valence-electron chi connectivity index (χ4n) is 3.04. The molecule has 0 saturated heterocycles. The summed E-state index contributed by atoms with van der Waals surface area (Å²) in [4.78, 5) is 0. The summed E-state index contributed by atoms with van der Waals surface area (Å²) in [7, 11) is 0. The Morgan fingerprint density at radius 3 is 2.41 bits per heavy atom. The van der Waals surface area contributed by atoms with Crippen molar-refractivity contribution in [3.05, 3.63) is 35.9 Å². The van der Waals surface area contributed by atoms with E-state index in [1.165, 1.54) is 37.7 Å². The first kappa shape index (κ1) is 11.2. The van der Waals surface area contributed by atoms with Crippen molar-refractivity contribution in [1.29, 1.82) is 0 Å². The highest BCUT2D eigenvalue weighted by Crippen LogP contribution is 2.41. The Balaban J connectivity index is 1.49. The van der Waals surface area contributed by atoms with Gasteiger partial charge in [0.25, 0.3) is 0 Å². The van der Waals surface area contributed by atoms with E-state index in [2.05, 4.69) is 35.6 Å². The molecule has 0 aliphatic heterocycles. The Morgan fingerprint density at radius 1 is 1.00 bits per heavy atom. The lowest BCUT2D eigenvalue weighted by Crippen LogP contribution is -2.38. The van der Waals surface area contributed by atoms with Crippen LogP contribution in [0.5, 0.6) is 0 Å². The second kappa shape index (κ2) is 4.79. The summed E-state index contributed by atoms with van der Waals surface area (Å²) in [5.74, 6) is 0.756. The second-order valence-electron chi connectivity index (χ2n) is 5.64. The smallest absolute Gasteiger partial charge is 0.0145 e. The predicted molar refractivity (Wildman–Crippen MR) is 71.0 cm³/mol. The van der Waals surface area contributed by atoms with Gasteiger partial charge in [-0.15, -0.1) is 0 Å². The number of rotatable bonds is 3. The third-order valence-corrected chi connectivity index (χ3v) is 4.24. The molecule has 3 N–H and O–H groups in total. The molecule has 92 valence electrons. The van der Waals surface area contributed by atoms with Crippen molar-refractivity contribution >= 4 is 0 Å². The maximum atomic E-state index is 5.93. The van der Waals surface area contributed by atoms with Crippen LogP contribution in [0.2, 0.25) is 0 Å². The second-order valence-corrected chi connectivity index (χ2v) is 5.64. The van der Waals surface area contributed by atoms with Gasteiger partial charge < -0.3 is 11.1 Å². The van der Waals surface area contributed by atoms with Gasteiger partial charge in [-0.2, -0.15) is 0 Å². The first-order chi connectivity index (χ1) is 8.33. The molecule has 0 aromatic heterocycles. The minimum Gasteiger partial charge on any atom is -0.328 e. The third kappa shape index (κ3) is 2.70. The Kier molecular flexibility index (Phi) is 3.17. The molecule has 1 unspecified atom stereocenters. The predicted octanol–water partition coefficient (Wildman–Crippen LogP) is 2.40. The lowest BCUT2D eigenvalue weighted by Gasteiger charge is -2.27. The Labute approximate surface area is 104 Å². The zero-order chi connectivity index (χ0) is 11.7. The fraction of sp³-hybridized carbons (Fsp3) is 0.600. The molecule has 2 fully saturated rings. The lowest BCUT2D eigenvalue weighted by molar-refractivity contribution is 0.339. The molecule has 17 heavy (non-hydrogen) atoms. The molecular weight excluding hydrogens is 208 g/mol. The van der Waals surface area contributed by atoms with E-state index < -0.39 is 0 Å². The van der Waals surface area contributed by atoms with E-state index in [0.717, 1.165) is 12.0 Å². The highest BCUT2D eigenvalue weighted by atomic mass is 15.0. The number of hydrogen-bond acceptors (Lipinski definition) is 2. The zero-order valence-electron chi connectivity index (χ0n) is 10.3. The molecule has 2 aliphatic carbocycles. The SMILES string of the molecule is NC1CCC(NC2C[C@H]2c2ccccc2)CC1. The van der Waals surface area contributed by atoms with E-state index >= 15 is 0 Å². The molecule has 2 heteroatoms. The van der Waals surface area contributed by atoms with Crippen molar-refractivity contribution in [1.82, 2.24) is 5.32 Å². The van der Waals surface area contributed by atoms with Gasteiger partial charge in [0.1, 0.15) is 0 Å². The molecule has 2 nitrogen and oxygen atoms in total. The van der Waals surface area contributed by atoms with Crippen molar-refractivity contribution in [3.63, 3.8) is 0 Å². The molecule has 0 amide bonds. The van der Waals surface area contributed by atoms with Crippen LogP contribution in [0.1, 0.15) is 43.6 Å². The van der Waals surface area contributed by atoms with Gasteiger partial charge in [-0.3, -0.25) is 0 Å². The van der Waals surface area contributed by atoms with Crippen LogP contribution in [0.4, 0.5) is 0 Å². The molecule has 0 heterocycles. The lowest BCUT2D eigenvalue weighted by atomic mass is 9.92. The van der Waals surface area contributed by atoms with Gasteiger partial charge >= 0.3 is 0 Å². The summed E-state index contributed by atoms with van der Waals surface area (Å²) in [5.41, 5.74) is 7.43. The van der Waals surface area contributed by atoms with Crippen molar-refractivity contribution in [2.75, 3.05) is 0 Å². The Hall–Kier alpha value is -0.860. The van der Waals surface area contributed by atoms with Gasteiger partial charge in [0.05, 0.1) is 0 Å². The van der Waals surface area contributed by atoms with Crippen LogP contribution in [0.15, 0.2) is 30.3 Å². The first-order valence-corrected chi connectivity index (χ1v) is 6.89. The summed E-state index contributed by atoms with van der Waals surface area (Å²) < 4.78 is 0. The monoisotopic (exact) mass is 230 g/mol. The number of hydrogen-bond donors (Lipinski definition) is 2. The molecule has 2 atom stereocenters. The maximum Gasteiger partial charge on any atom is 0.0145 e. The molecular formula is C15H22N2. The largest absolute Gasteiger partial charge is 0.328 e. The summed E-state index contributed by atoms with van der Waals surface area (Å²) in [6.07, 6.45) is 6.23. The average molecular weight is 230 g/mol. The fourth-order valence-corrected chi connectivity index (χ4v) is 3.04. The minimum absolute atomic E-state index is 0.456. The zero-order valence-corrected chi connectivity index (χ0v) is 10.3. The summed E-state index contributed by atoms with van der Waals surface area (Å²) in [5, 5.41) is 3.81. The molecule has 2 saturated carbocycles. The molecule has 1 aromatic rings. The molecule has 1 aromatic carbocycles. The van der Waals surface area contributed by atoms with Crippen LogP contribution in [-0.4, -0.2) is 18.1 Å². The van der Waals surface area contributed by atoms with Gasteiger partial charge in [-0.25, -0.2) is 0 Å². The van der Waals surface area contributed by atoms with Crippen molar-refractivity contribution in [2.24, 2.45) is 5.73 Å². The highest BCUT2D eigenvalue weighted by Gasteiger charge is 2.39. The first-order valence-electron chi connectivity index (χ1n) is 6.89. The topological polar surface area (TPSA) is 38.0 Å². The van der Waals surface area contributed by atoms with E-state index in [1.54, 1.807) is 0 Å². The number of nitrogens with one attached hydrogen (secondary N) is 1. The van der Waals surface area contributed by atoms with Crippen LogP contribution in [-0.2, 0) is 0 Å². The quantitative estimate of drug-likeness (QED) is 0.837. The summed E-state index contributed by atoms with van der Waals surface area (Å²) in [6, 6.07) is 12.8. The van der Waals surface area contributed by atoms with Crippen LogP contribution in [0, 0.1) is 0 Å². The molecule has 0 spiro atoms. The molecule has 0 bridgehead atoms. The van der Waals surface area contributed by atoms with Crippen molar-refractivity contribution in [2.45, 2.75) is 56.1 Å². The van der Waals surface area contributed by atoms with Gasteiger partial charge in [-0.05, 0) is 37.7 Å². The van der Waals surface area contributed by atoms with Crippen LogP contribution in [0.25, 0.3) is 0 Å². The van der Waals surface area contributed by atoms with Crippen LogP contribution < -0.4 is 11.1 Å². The van der Waals surface area contributed by atoms with E-state index in [1.807, 2.05) is 0 Å². The van der Waals surface area contributed by atoms with Gasteiger partial charge in [0, 0.05) is 24.0 Å². The molecule has 3 rings (SSSR count). The molecule has 0 radical (unpaired) electrons. The van der Waals surface area contributed by atoms with Crippen LogP contribution in [0.3, 0.4) is 0 Å². The summed E-state index contributed by atoms with van der Waals surface area (Å²) in [6.45, 7) is 0. The Bertz CT molecular complexity index is 354. The van der Waals surface area contributed by atoms with Gasteiger partial charge in [-0.1, -0.05) is 30.3 Å². The minimum atomic E-state index is 0.456. The van der Waals surface area contributed by atoms with E-state index in [-0.39, 0.29) is 0 Å². The Morgan fingerprint density at radius 2 is 1.71 bits per heavy atom. The number of nitrogens with two attached hydrogens (primary N) is 1. The summed E-state index contributed by atoms with van der Waals surface area (Å²) >= 11 is 0. The normalized spacial score (nSPS) is 36.8. The standard InChI is InChI=1S/C15H22N2/c16-12-6-8-13(9-7-12)17-15-10-14(15)11-4-2-1-3-5-11/h1-5,12-15,17H,6-10,16H2/t12?,13?,14-,15?/m0/s1. The molecule has 2 aliphatic rings. The third-order valence-electron chi connectivity index (χ3n) is 4.24. The van der Waals surface area contributed by atoms with E-state index in [4.69, 9.17) is 5.73 Å². The highest BCUT2D eigenvalue weighted by molar-refractivity contribution is 5.27. The van der Waals surface area contributed by atoms with E-state index in [9.17, 15) is 0 Å². The van der Waals surface area contributed by atoms with E-state index in [0.29, 0.717) is 12.1 Å². The number of benzene rings is 1. The average Bonchev–Trinajstić information content (AvgIpc) is 3.13. The van der Waals surface area contributed by atoms with Gasteiger partial charge in [0.2, 0.25) is 0 Å². The van der Waals surface area contributed by atoms with Gasteiger partial charge in [0.15, 0.2) is 0 Å². The maximum absolute atomic E-state index is 5.93. The van der Waals surface area contributed by atoms with Crippen molar-refractivity contribution < 1.29 is 0 Å².